The number of aryl methyl sites for hydroxylation is 2. The van der Waals surface area contributed by atoms with E-state index in [1.807, 2.05) is 42.2 Å². The summed E-state index contributed by atoms with van der Waals surface area (Å²) >= 11 is 0. The second-order valence-corrected chi connectivity index (χ2v) is 27.1. The molecule has 451 valence electrons. The van der Waals surface area contributed by atoms with Crippen LogP contribution in [0.3, 0.4) is 0 Å². The van der Waals surface area contributed by atoms with E-state index in [4.69, 9.17) is 33.3 Å². The molecule has 85 heavy (non-hydrogen) atoms. The Morgan fingerprint density at radius 3 is 2.13 bits per heavy atom. The Bertz CT molecular complexity index is 3350. The van der Waals surface area contributed by atoms with Gasteiger partial charge >= 0.3 is 5.97 Å². The number of anilines is 3. The number of para-hydroxylation sites is 2. The molecule has 0 aromatic heterocycles. The van der Waals surface area contributed by atoms with E-state index in [1.165, 1.54) is 49.5 Å². The van der Waals surface area contributed by atoms with E-state index >= 15 is 0 Å². The topological polar surface area (TPSA) is 200 Å². The summed E-state index contributed by atoms with van der Waals surface area (Å²) in [7, 11) is 1.11. The van der Waals surface area contributed by atoms with Crippen molar-refractivity contribution < 1.29 is 98.1 Å². The average Bonchev–Trinajstić information content (AvgIpc) is 3.73. The zero-order valence-corrected chi connectivity index (χ0v) is 54.0. The van der Waals surface area contributed by atoms with E-state index < -0.39 is 37.9 Å². The van der Waals surface area contributed by atoms with Crippen LogP contribution in [0.1, 0.15) is 94.4 Å². The summed E-state index contributed by atoms with van der Waals surface area (Å²) in [4.78, 5) is 63.1. The number of carbonyl (C=O) groups is 4. The van der Waals surface area contributed by atoms with Gasteiger partial charge in [-0.2, -0.15) is 14.8 Å². The van der Waals surface area contributed by atoms with Gasteiger partial charge in [0.2, 0.25) is 0 Å². The molecule has 1 radical (unpaired) electrons. The normalized spacial score (nSPS) is 17.4. The van der Waals surface area contributed by atoms with Gasteiger partial charge in [-0.15, -0.1) is 5.06 Å². The van der Waals surface area contributed by atoms with Crippen LogP contribution in [0.15, 0.2) is 91.0 Å². The largest absolute Gasteiger partial charge is 0.493 e. The Labute approximate surface area is 531 Å². The number of hydrogen-bond acceptors (Lipinski definition) is 17. The average molecular weight is 1300 g/mol. The number of imide groups is 1. The molecule has 5 aromatic carbocycles. The van der Waals surface area contributed by atoms with Crippen LogP contribution in [0.4, 0.5) is 17.1 Å². The first-order valence-corrected chi connectivity index (χ1v) is 32.3. The number of hydrogen-bond donors (Lipinski definition) is 1. The van der Waals surface area contributed by atoms with Crippen LogP contribution >= 0.6 is 21.6 Å². The molecule has 1 fully saturated rings. The third-order valence-electron chi connectivity index (χ3n) is 15.9. The zero-order chi connectivity index (χ0) is 59.1. The number of nitrogens with zero attached hydrogens (tertiary/aromatic N) is 4. The molecule has 10 rings (SSSR count). The molecule has 1 N–H and O–H groups in total. The van der Waals surface area contributed by atoms with Crippen LogP contribution in [-0.4, -0.2) is 130 Å². The smallest absolute Gasteiger partial charge is 0.353 e. The van der Waals surface area contributed by atoms with Gasteiger partial charge in [0.05, 0.1) is 40.1 Å². The maximum Gasteiger partial charge on any atom is 0.353 e. The molecule has 3 atom stereocenters. The van der Waals surface area contributed by atoms with Crippen LogP contribution in [-0.2, 0) is 122 Å². The number of methoxy groups -OCH3 is 2. The summed E-state index contributed by atoms with van der Waals surface area (Å²) in [5.74, 6) is -0.870. The fourth-order valence-electron chi connectivity index (χ4n) is 11.7. The molecule has 0 spiro atoms. The van der Waals surface area contributed by atoms with E-state index in [1.54, 1.807) is 14.2 Å². The van der Waals surface area contributed by atoms with Crippen molar-refractivity contribution in [3.05, 3.63) is 147 Å². The molecule has 5 aromatic rings. The summed E-state index contributed by atoms with van der Waals surface area (Å²) in [5.41, 5.74) is 12.3. The predicted molar refractivity (Wildman–Crippen MR) is 323 cm³/mol. The molecule has 5 aliphatic rings. The molecule has 1 unspecified atom stereocenters. The van der Waals surface area contributed by atoms with Crippen molar-refractivity contribution in [2.24, 2.45) is 0 Å². The van der Waals surface area contributed by atoms with Crippen molar-refractivity contribution in [3.8, 4) is 17.2 Å². The Balaban J connectivity index is 0.00000865. The van der Waals surface area contributed by atoms with Gasteiger partial charge < -0.3 is 54.4 Å². The Morgan fingerprint density at radius 1 is 0.776 bits per heavy atom. The number of carbonyl (C=O) groups excluding carboxylic acids is 4. The van der Waals surface area contributed by atoms with Crippen molar-refractivity contribution in [3.63, 3.8) is 0 Å². The third-order valence-corrected chi connectivity index (χ3v) is 20.3. The quantitative estimate of drug-likeness (QED) is 0.0171. The van der Waals surface area contributed by atoms with Crippen LogP contribution < -0.4 is 28.9 Å². The molecule has 1 saturated heterocycles. The maximum absolute atomic E-state index is 14.3. The van der Waals surface area contributed by atoms with E-state index in [0.717, 1.165) is 72.3 Å². The first-order chi connectivity index (χ1) is 40.5. The number of benzene rings is 5. The molecule has 22 heteroatoms. The molecule has 5 heterocycles. The van der Waals surface area contributed by atoms with Gasteiger partial charge in [0, 0.05) is 111 Å². The van der Waals surface area contributed by atoms with Crippen LogP contribution in [0.5, 0.6) is 17.2 Å². The number of ether oxygens (including phenoxy) is 6. The van der Waals surface area contributed by atoms with Gasteiger partial charge in [0.25, 0.3) is 27.8 Å². The van der Waals surface area contributed by atoms with Crippen molar-refractivity contribution in [2.75, 3.05) is 80.8 Å². The molecule has 0 aliphatic carbocycles. The molecule has 3 amide bonds. The van der Waals surface area contributed by atoms with Crippen molar-refractivity contribution in [1.82, 2.24) is 5.06 Å². The third kappa shape index (κ3) is 15.6. The van der Waals surface area contributed by atoms with Crippen LogP contribution in [0.25, 0.3) is 0 Å². The van der Waals surface area contributed by atoms with Crippen molar-refractivity contribution >= 4 is 72.5 Å². The molecule has 0 bridgehead atoms. The summed E-state index contributed by atoms with van der Waals surface area (Å²) in [6.07, 6.45) is 5.87. The first kappa shape index (κ1) is 64.3. The van der Waals surface area contributed by atoms with Crippen molar-refractivity contribution in [1.29, 1.82) is 0 Å². The number of amides is 3. The number of rotatable bonds is 27. The summed E-state index contributed by atoms with van der Waals surface area (Å²) < 4.78 is 70.9. The fraction of sp³-hybridized carbons (Fsp3) is 0.444. The molecule has 5 aliphatic heterocycles. The van der Waals surface area contributed by atoms with Gasteiger partial charge in [0.1, 0.15) is 19.0 Å². The Hall–Kier alpha value is -5.23. The summed E-state index contributed by atoms with van der Waals surface area (Å²) in [6, 6.07) is 31.7. The van der Waals surface area contributed by atoms with Gasteiger partial charge in [0.15, 0.2) is 16.7 Å². The number of hydroxylamine groups is 2. The Morgan fingerprint density at radius 2 is 1.42 bits per heavy atom. The first-order valence-electron chi connectivity index (χ1n) is 28.5. The number of fused-ring (bicyclic) bond motifs is 8. The standard InChI is InChI=1S/C63H73N4O14S3.Y/c1-41-28-52-45(15-17-50-33-47-11-7-9-13-54(47)66(50)61(52)70)35-55(41)79-38-42-29-43(39-80-57-34-44-14-16-49-32-46-10-6-8-12-53(46)65(49)37-48(44)36-56(57)76-5)31-51(30-42)64(21-22-77-25-26-78-24-23-75-4)40-63(2,3)83-82-27-20-58(84(72,73)74)62(71)81-67-59(68)18-19-60(67)69;/h6-13,16,28-31,34-36,49-50,58H,14-15,17-27,32-33,37-40H2,1-5H3,(H,72,73,74);/q-1;/t49-,50-,58?;/m1./s1. The van der Waals surface area contributed by atoms with Gasteiger partial charge in [-0.05, 0) is 146 Å². The molecular formula is C63H73N4O14S3Y-. The minimum absolute atomic E-state index is 0. The molecule has 0 saturated carbocycles. The Kier molecular flexibility index (Phi) is 21.7. The second-order valence-electron chi connectivity index (χ2n) is 22.4. The van der Waals surface area contributed by atoms with E-state index in [2.05, 4.69) is 90.7 Å². The predicted octanol–water partition coefficient (Wildman–Crippen LogP) is 9.27. The van der Waals surface area contributed by atoms with Crippen molar-refractivity contribution in [2.45, 2.75) is 114 Å². The minimum Gasteiger partial charge on any atom is -0.493 e. The monoisotopic (exact) mass is 1290 g/mol. The van der Waals surface area contributed by atoms with E-state index in [-0.39, 0.29) is 88.0 Å². The summed E-state index contributed by atoms with van der Waals surface area (Å²) in [5, 5.41) is -1.75. The van der Waals surface area contributed by atoms with Gasteiger partial charge in [-0.3, -0.25) is 18.9 Å². The zero-order valence-electron chi connectivity index (χ0n) is 48.8. The minimum atomic E-state index is -4.96. The van der Waals surface area contributed by atoms with Gasteiger partial charge in [-0.25, -0.2) is 4.79 Å². The summed E-state index contributed by atoms with van der Waals surface area (Å²) in [6.45, 7) is 10.2. The van der Waals surface area contributed by atoms with Crippen LogP contribution in [0, 0.1) is 13.3 Å². The van der Waals surface area contributed by atoms with Gasteiger partial charge in [-0.1, -0.05) is 69.6 Å². The maximum atomic E-state index is 14.3. The molecule has 18 nitrogen and oxygen atoms in total. The van der Waals surface area contributed by atoms with E-state index in [9.17, 15) is 32.1 Å². The molecular weight excluding hydrogens is 1220 g/mol. The van der Waals surface area contributed by atoms with E-state index in [0.29, 0.717) is 75.0 Å². The second kappa shape index (κ2) is 28.7. The fourth-order valence-corrected chi connectivity index (χ4v) is 15.1. The SMILES string of the molecule is COCCOCCOCCN(CC(C)(C)SSCCC(C(=O)ON1C(=O)CCC1=O)S(=O)(=O)O)c1cc(COc2cc3c(cc2C)C(=O)N2c4ccccc4C[C@H]2CC3)cc(COc2cc3c(cc2OC)CN2c4ccccc4C[C@H]2[CH-]C3)c1.[Y]. The van der Waals surface area contributed by atoms with Crippen LogP contribution in [0.2, 0.25) is 0 Å².